The van der Waals surface area contributed by atoms with Gasteiger partial charge in [-0.25, -0.2) is 8.78 Å². The van der Waals surface area contributed by atoms with E-state index in [1.165, 1.54) is 36.4 Å². The van der Waals surface area contributed by atoms with Crippen LogP contribution < -0.4 is 10.9 Å². The summed E-state index contributed by atoms with van der Waals surface area (Å²) < 4.78 is 34.1. The number of nitrogens with zero attached hydrogens (tertiary/aromatic N) is 2. The molecule has 2 atom stereocenters. The lowest BCUT2D eigenvalue weighted by Gasteiger charge is -2.21. The molecule has 0 spiro atoms. The summed E-state index contributed by atoms with van der Waals surface area (Å²) in [4.78, 5) is 26.2. The van der Waals surface area contributed by atoms with E-state index >= 15 is 0 Å². The Kier molecular flexibility index (Phi) is 6.83. The van der Waals surface area contributed by atoms with Gasteiger partial charge in [-0.3, -0.25) is 9.59 Å². The molecule has 0 unspecified atom stereocenters. The molecule has 33 heavy (non-hydrogen) atoms. The largest absolute Gasteiger partial charge is 0.394 e. The van der Waals surface area contributed by atoms with Gasteiger partial charge >= 0.3 is 0 Å². The molecule has 0 radical (unpaired) electrons. The van der Waals surface area contributed by atoms with Gasteiger partial charge in [0.2, 0.25) is 0 Å². The van der Waals surface area contributed by atoms with Crippen molar-refractivity contribution in [1.82, 2.24) is 15.1 Å². The Morgan fingerprint density at radius 2 is 2.09 bits per heavy atom. The number of hydrogen-bond acceptors (Lipinski definition) is 5. The first-order chi connectivity index (χ1) is 15.9. The highest BCUT2D eigenvalue weighted by Crippen LogP contribution is 2.24. The van der Waals surface area contributed by atoms with Crippen molar-refractivity contribution >= 4 is 17.5 Å². The van der Waals surface area contributed by atoms with Gasteiger partial charge in [-0.1, -0.05) is 23.7 Å². The zero-order valence-corrected chi connectivity index (χ0v) is 18.1. The number of ether oxygens (including phenoxy) is 1. The van der Waals surface area contributed by atoms with E-state index < -0.39 is 29.1 Å². The highest BCUT2D eigenvalue weighted by atomic mass is 35.5. The molecule has 1 aliphatic rings. The third kappa shape index (κ3) is 4.95. The van der Waals surface area contributed by atoms with Gasteiger partial charge in [0.25, 0.3) is 11.5 Å². The summed E-state index contributed by atoms with van der Waals surface area (Å²) in [5.74, 6) is -2.14. The van der Waals surface area contributed by atoms with Crippen LogP contribution in [0.1, 0.15) is 16.8 Å². The molecule has 2 N–H and O–H groups in total. The SMILES string of the molecule is O=C(N[C@H](CO)[C@H]1CCOC1)c1cc(-c2ccc(Cl)c(F)c2)nn(-c2cccc(F)c2)c1=O. The summed E-state index contributed by atoms with van der Waals surface area (Å²) in [6, 6.07) is 9.70. The van der Waals surface area contributed by atoms with Crippen LogP contribution in [-0.2, 0) is 4.74 Å². The van der Waals surface area contributed by atoms with Gasteiger partial charge in [0.15, 0.2) is 0 Å². The van der Waals surface area contributed by atoms with Gasteiger partial charge in [-0.15, -0.1) is 0 Å². The number of hydrogen-bond donors (Lipinski definition) is 2. The van der Waals surface area contributed by atoms with E-state index in [0.717, 1.165) is 16.8 Å². The van der Waals surface area contributed by atoms with Crippen molar-refractivity contribution in [2.45, 2.75) is 12.5 Å². The predicted octanol–water partition coefficient (Wildman–Crippen LogP) is 2.96. The first kappa shape index (κ1) is 23.0. The molecule has 3 aromatic rings. The van der Waals surface area contributed by atoms with Crippen LogP contribution >= 0.6 is 11.6 Å². The first-order valence-electron chi connectivity index (χ1n) is 10.2. The van der Waals surface area contributed by atoms with E-state index in [9.17, 15) is 23.5 Å². The average molecular weight is 476 g/mol. The number of rotatable bonds is 6. The van der Waals surface area contributed by atoms with Crippen molar-refractivity contribution in [3.8, 4) is 16.9 Å². The molecule has 0 bridgehead atoms. The number of nitrogens with one attached hydrogen (secondary N) is 1. The van der Waals surface area contributed by atoms with Crippen molar-refractivity contribution < 1.29 is 23.4 Å². The maximum absolute atomic E-state index is 14.1. The standard InChI is InChI=1S/C23H20ClF2N3O4/c24-18-5-4-13(8-19(18)26)20-10-17(22(31)27-21(11-30)14-6-7-33-12-14)23(32)29(28-20)16-3-1-2-15(25)9-16/h1-5,8-10,14,21,30H,6-7,11-12H2,(H,27,31)/t14-,21+/m0/s1. The molecule has 0 aliphatic carbocycles. The Morgan fingerprint density at radius 1 is 1.27 bits per heavy atom. The minimum atomic E-state index is -0.796. The fraction of sp³-hybridized carbons (Fsp3) is 0.261. The lowest BCUT2D eigenvalue weighted by Crippen LogP contribution is -2.45. The van der Waals surface area contributed by atoms with Gasteiger partial charge in [0.1, 0.15) is 17.2 Å². The number of halogens is 3. The molecule has 7 nitrogen and oxygen atoms in total. The topological polar surface area (TPSA) is 93.4 Å². The second-order valence-electron chi connectivity index (χ2n) is 7.66. The fourth-order valence-corrected chi connectivity index (χ4v) is 3.78. The number of aliphatic hydroxyl groups is 1. The van der Waals surface area contributed by atoms with Crippen LogP contribution in [0, 0.1) is 17.6 Å². The smallest absolute Gasteiger partial charge is 0.284 e. The molecule has 0 saturated carbocycles. The van der Waals surface area contributed by atoms with Crippen LogP contribution in [0.3, 0.4) is 0 Å². The summed E-state index contributed by atoms with van der Waals surface area (Å²) in [5.41, 5.74) is -0.635. The Hall–Kier alpha value is -3.14. The number of aromatic nitrogens is 2. The lowest BCUT2D eigenvalue weighted by molar-refractivity contribution is 0.0875. The molecular formula is C23H20ClF2N3O4. The van der Waals surface area contributed by atoms with Crippen molar-refractivity contribution in [1.29, 1.82) is 0 Å². The van der Waals surface area contributed by atoms with E-state index in [1.54, 1.807) is 0 Å². The molecule has 4 rings (SSSR count). The Balaban J connectivity index is 1.81. The van der Waals surface area contributed by atoms with Gasteiger partial charge < -0.3 is 15.2 Å². The van der Waals surface area contributed by atoms with E-state index in [-0.39, 0.29) is 40.1 Å². The van der Waals surface area contributed by atoms with E-state index in [1.807, 2.05) is 0 Å². The number of carbonyl (C=O) groups is 1. The Labute approximate surface area is 192 Å². The Morgan fingerprint density at radius 3 is 2.76 bits per heavy atom. The van der Waals surface area contributed by atoms with E-state index in [2.05, 4.69) is 10.4 Å². The fourth-order valence-electron chi connectivity index (χ4n) is 3.67. The molecule has 10 heteroatoms. The van der Waals surface area contributed by atoms with Crippen molar-refractivity contribution in [2.75, 3.05) is 19.8 Å². The number of aliphatic hydroxyl groups excluding tert-OH is 1. The Bertz CT molecular complexity index is 1240. The van der Waals surface area contributed by atoms with Gasteiger partial charge in [-0.05, 0) is 42.8 Å². The van der Waals surface area contributed by atoms with Gasteiger partial charge in [-0.2, -0.15) is 9.78 Å². The van der Waals surface area contributed by atoms with Crippen LogP contribution in [0.25, 0.3) is 16.9 Å². The van der Waals surface area contributed by atoms with E-state index in [4.69, 9.17) is 16.3 Å². The minimum Gasteiger partial charge on any atom is -0.394 e. The van der Waals surface area contributed by atoms with Crippen molar-refractivity contribution in [3.63, 3.8) is 0 Å². The molecular weight excluding hydrogens is 456 g/mol. The normalized spacial score (nSPS) is 16.5. The number of benzene rings is 2. The first-order valence-corrected chi connectivity index (χ1v) is 10.6. The van der Waals surface area contributed by atoms with E-state index in [0.29, 0.717) is 19.6 Å². The quantitative estimate of drug-likeness (QED) is 0.572. The summed E-state index contributed by atoms with van der Waals surface area (Å²) in [5, 5.41) is 16.5. The van der Waals surface area contributed by atoms with Crippen LogP contribution in [0.4, 0.5) is 8.78 Å². The maximum atomic E-state index is 14.1. The third-order valence-electron chi connectivity index (χ3n) is 5.47. The highest BCUT2D eigenvalue weighted by Gasteiger charge is 2.28. The van der Waals surface area contributed by atoms with Crippen LogP contribution in [0.2, 0.25) is 5.02 Å². The molecule has 172 valence electrons. The molecule has 1 fully saturated rings. The lowest BCUT2D eigenvalue weighted by atomic mass is 9.99. The van der Waals surface area contributed by atoms with Crippen LogP contribution in [-0.4, -0.2) is 46.7 Å². The second-order valence-corrected chi connectivity index (χ2v) is 8.06. The third-order valence-corrected chi connectivity index (χ3v) is 5.78. The number of amides is 1. The summed E-state index contributed by atoms with van der Waals surface area (Å²) in [6.07, 6.45) is 0.657. The van der Waals surface area contributed by atoms with Crippen LogP contribution in [0.5, 0.6) is 0 Å². The monoisotopic (exact) mass is 475 g/mol. The molecule has 1 saturated heterocycles. The predicted molar refractivity (Wildman–Crippen MR) is 117 cm³/mol. The second kappa shape index (κ2) is 9.78. The number of carbonyl (C=O) groups excluding carboxylic acids is 1. The van der Waals surface area contributed by atoms with Crippen molar-refractivity contribution in [2.24, 2.45) is 5.92 Å². The summed E-state index contributed by atoms with van der Waals surface area (Å²) in [7, 11) is 0. The van der Waals surface area contributed by atoms with Crippen molar-refractivity contribution in [3.05, 3.63) is 81.1 Å². The van der Waals surface area contributed by atoms with Gasteiger partial charge in [0, 0.05) is 18.1 Å². The molecule has 1 aliphatic heterocycles. The molecule has 1 amide bonds. The molecule has 2 aromatic carbocycles. The maximum Gasteiger partial charge on any atom is 0.284 e. The molecule has 2 heterocycles. The minimum absolute atomic E-state index is 0.0910. The highest BCUT2D eigenvalue weighted by molar-refractivity contribution is 6.30. The summed E-state index contributed by atoms with van der Waals surface area (Å²) >= 11 is 5.76. The zero-order valence-electron chi connectivity index (χ0n) is 17.3. The zero-order chi connectivity index (χ0) is 23.5. The van der Waals surface area contributed by atoms with Gasteiger partial charge in [0.05, 0.1) is 35.7 Å². The summed E-state index contributed by atoms with van der Waals surface area (Å²) in [6.45, 7) is 0.563. The molecule has 1 aromatic heterocycles. The average Bonchev–Trinajstić information content (AvgIpc) is 3.34. The van der Waals surface area contributed by atoms with Crippen LogP contribution in [0.15, 0.2) is 53.3 Å².